The summed E-state index contributed by atoms with van der Waals surface area (Å²) in [6.45, 7) is 0. The van der Waals surface area contributed by atoms with Gasteiger partial charge in [-0.05, 0) is 36.4 Å². The standard InChI is InChI=1S/C26H14F2N6O2/c27-14-6-7-18(16(28)10-14)34-24-20(23(33-34)17-5-1-2-9-31-17)26(36)19-15(25(24)35)12-32-22(21(19)29)13-4-3-8-30-11-13/h1-12H,29H2. The fraction of sp³-hybridized carbons (Fsp3) is 0. The van der Waals surface area contributed by atoms with Crippen LogP contribution in [0.4, 0.5) is 14.5 Å². The van der Waals surface area contributed by atoms with Crippen LogP contribution in [0.5, 0.6) is 0 Å². The summed E-state index contributed by atoms with van der Waals surface area (Å²) < 4.78 is 29.4. The molecule has 1 aliphatic rings. The Kier molecular flexibility index (Phi) is 4.75. The Morgan fingerprint density at radius 3 is 2.42 bits per heavy atom. The van der Waals surface area contributed by atoms with Crippen LogP contribution < -0.4 is 5.73 Å². The number of benzene rings is 1. The zero-order valence-electron chi connectivity index (χ0n) is 18.3. The summed E-state index contributed by atoms with van der Waals surface area (Å²) in [5, 5.41) is 4.40. The van der Waals surface area contributed by atoms with Gasteiger partial charge in [-0.15, -0.1) is 0 Å². The summed E-state index contributed by atoms with van der Waals surface area (Å²) >= 11 is 0. The highest BCUT2D eigenvalue weighted by atomic mass is 19.1. The molecular weight excluding hydrogens is 466 g/mol. The maximum absolute atomic E-state index is 14.8. The second-order valence-corrected chi connectivity index (χ2v) is 8.00. The van der Waals surface area contributed by atoms with Crippen molar-refractivity contribution in [1.29, 1.82) is 0 Å². The minimum Gasteiger partial charge on any atom is -0.396 e. The predicted octanol–water partition coefficient (Wildman–Crippen LogP) is 4.03. The van der Waals surface area contributed by atoms with E-state index in [0.29, 0.717) is 23.0 Å². The van der Waals surface area contributed by atoms with Crippen molar-refractivity contribution in [2.45, 2.75) is 0 Å². The second kappa shape index (κ2) is 7.98. The van der Waals surface area contributed by atoms with E-state index >= 15 is 0 Å². The van der Waals surface area contributed by atoms with Gasteiger partial charge in [-0.25, -0.2) is 13.5 Å². The number of fused-ring (bicyclic) bond motifs is 2. The van der Waals surface area contributed by atoms with Crippen LogP contribution in [-0.2, 0) is 0 Å². The van der Waals surface area contributed by atoms with E-state index in [0.717, 1.165) is 16.8 Å². The number of hydrogen-bond acceptors (Lipinski definition) is 7. The molecule has 0 fully saturated rings. The third kappa shape index (κ3) is 3.12. The molecule has 0 spiro atoms. The van der Waals surface area contributed by atoms with Gasteiger partial charge in [-0.2, -0.15) is 5.10 Å². The van der Waals surface area contributed by atoms with E-state index < -0.39 is 23.2 Å². The third-order valence-electron chi connectivity index (χ3n) is 5.90. The lowest BCUT2D eigenvalue weighted by molar-refractivity contribution is 0.0975. The number of nitrogens with zero attached hydrogens (tertiary/aromatic N) is 5. The van der Waals surface area contributed by atoms with Crippen LogP contribution >= 0.6 is 0 Å². The number of rotatable bonds is 3. The fourth-order valence-corrected chi connectivity index (χ4v) is 4.28. The molecule has 4 heterocycles. The molecule has 4 aromatic heterocycles. The summed E-state index contributed by atoms with van der Waals surface area (Å²) in [6, 6.07) is 11.3. The van der Waals surface area contributed by atoms with E-state index in [1.54, 1.807) is 42.7 Å². The van der Waals surface area contributed by atoms with Gasteiger partial charge in [0.2, 0.25) is 11.6 Å². The van der Waals surface area contributed by atoms with Crippen molar-refractivity contribution in [2.24, 2.45) is 0 Å². The predicted molar refractivity (Wildman–Crippen MR) is 125 cm³/mol. The van der Waals surface area contributed by atoms with Crippen molar-refractivity contribution >= 4 is 17.3 Å². The Bertz CT molecular complexity index is 1700. The first-order valence-electron chi connectivity index (χ1n) is 10.7. The monoisotopic (exact) mass is 480 g/mol. The number of ketones is 2. The number of hydrogen-bond donors (Lipinski definition) is 1. The zero-order valence-corrected chi connectivity index (χ0v) is 18.3. The molecule has 1 aromatic carbocycles. The molecule has 10 heteroatoms. The van der Waals surface area contributed by atoms with Crippen LogP contribution in [0.3, 0.4) is 0 Å². The van der Waals surface area contributed by atoms with Crippen LogP contribution in [0.25, 0.3) is 28.3 Å². The topological polar surface area (TPSA) is 117 Å². The normalized spacial score (nSPS) is 12.4. The molecule has 2 N–H and O–H groups in total. The zero-order chi connectivity index (χ0) is 25.0. The Balaban J connectivity index is 1.64. The maximum atomic E-state index is 14.8. The van der Waals surface area contributed by atoms with Crippen LogP contribution in [0.1, 0.15) is 32.0 Å². The lowest BCUT2D eigenvalue weighted by Crippen LogP contribution is -2.25. The SMILES string of the molecule is Nc1c(-c2cccnc2)ncc2c1C(=O)c1c(-c3ccccn3)nn(-c3ccc(F)cc3F)c1C2=O. The largest absolute Gasteiger partial charge is 0.396 e. The molecule has 0 atom stereocenters. The minimum absolute atomic E-state index is 0.0113. The number of aromatic nitrogens is 5. The van der Waals surface area contributed by atoms with Gasteiger partial charge < -0.3 is 5.73 Å². The van der Waals surface area contributed by atoms with E-state index in [1.165, 1.54) is 12.4 Å². The molecule has 0 bridgehead atoms. The first-order valence-corrected chi connectivity index (χ1v) is 10.7. The summed E-state index contributed by atoms with van der Waals surface area (Å²) in [6.07, 6.45) is 5.89. The molecule has 0 saturated carbocycles. The van der Waals surface area contributed by atoms with Crippen LogP contribution in [0.2, 0.25) is 0 Å². The fourth-order valence-electron chi connectivity index (χ4n) is 4.28. The Labute approximate surface area is 202 Å². The van der Waals surface area contributed by atoms with Gasteiger partial charge in [0.1, 0.15) is 22.9 Å². The van der Waals surface area contributed by atoms with Gasteiger partial charge in [0.25, 0.3) is 0 Å². The number of anilines is 1. The van der Waals surface area contributed by atoms with Gasteiger partial charge in [0, 0.05) is 36.4 Å². The summed E-state index contributed by atoms with van der Waals surface area (Å²) in [7, 11) is 0. The van der Waals surface area contributed by atoms with Crippen molar-refractivity contribution < 1.29 is 18.4 Å². The highest BCUT2D eigenvalue weighted by Crippen LogP contribution is 2.39. The number of carbonyl (C=O) groups is 2. The summed E-state index contributed by atoms with van der Waals surface area (Å²) in [5.41, 5.74) is 7.07. The minimum atomic E-state index is -0.955. The number of pyridine rings is 3. The molecule has 0 amide bonds. The third-order valence-corrected chi connectivity index (χ3v) is 5.90. The Morgan fingerprint density at radius 2 is 1.69 bits per heavy atom. The Morgan fingerprint density at radius 1 is 0.833 bits per heavy atom. The number of halogens is 2. The van der Waals surface area contributed by atoms with E-state index in [2.05, 4.69) is 20.1 Å². The van der Waals surface area contributed by atoms with Gasteiger partial charge in [0.05, 0.1) is 33.8 Å². The number of nitrogen functional groups attached to an aromatic ring is 1. The van der Waals surface area contributed by atoms with Crippen molar-refractivity contribution in [3.63, 3.8) is 0 Å². The van der Waals surface area contributed by atoms with E-state index in [9.17, 15) is 18.4 Å². The van der Waals surface area contributed by atoms with Gasteiger partial charge in [-0.1, -0.05) is 6.07 Å². The van der Waals surface area contributed by atoms with Crippen LogP contribution in [-0.4, -0.2) is 36.3 Å². The van der Waals surface area contributed by atoms with Gasteiger partial charge >= 0.3 is 0 Å². The molecule has 0 unspecified atom stereocenters. The van der Waals surface area contributed by atoms with Crippen molar-refractivity contribution in [2.75, 3.05) is 5.73 Å². The van der Waals surface area contributed by atoms with Gasteiger partial charge in [-0.3, -0.25) is 24.5 Å². The lowest BCUT2D eigenvalue weighted by Gasteiger charge is -2.19. The Hall–Kier alpha value is -5.12. The first kappa shape index (κ1) is 21.4. The average molecular weight is 480 g/mol. The molecule has 0 aliphatic heterocycles. The van der Waals surface area contributed by atoms with Crippen molar-refractivity contribution in [1.82, 2.24) is 24.7 Å². The summed E-state index contributed by atoms with van der Waals surface area (Å²) in [4.78, 5) is 40.3. The first-order chi connectivity index (χ1) is 17.5. The molecule has 174 valence electrons. The smallest absolute Gasteiger partial charge is 0.214 e. The molecule has 6 rings (SSSR count). The maximum Gasteiger partial charge on any atom is 0.214 e. The van der Waals surface area contributed by atoms with Crippen molar-refractivity contribution in [3.05, 3.63) is 107 Å². The molecule has 5 aromatic rings. The second-order valence-electron chi connectivity index (χ2n) is 8.00. The average Bonchev–Trinajstić information content (AvgIpc) is 3.29. The highest BCUT2D eigenvalue weighted by molar-refractivity contribution is 6.31. The molecule has 36 heavy (non-hydrogen) atoms. The van der Waals surface area contributed by atoms with Crippen molar-refractivity contribution in [3.8, 4) is 28.3 Å². The molecule has 1 aliphatic carbocycles. The quantitative estimate of drug-likeness (QED) is 0.407. The molecular formula is C26H14F2N6O2. The van der Waals surface area contributed by atoms with E-state index in [-0.39, 0.29) is 39.5 Å². The van der Waals surface area contributed by atoms with Crippen LogP contribution in [0.15, 0.2) is 73.3 Å². The van der Waals surface area contributed by atoms with Gasteiger partial charge in [0.15, 0.2) is 5.82 Å². The van der Waals surface area contributed by atoms with E-state index in [1.807, 2.05) is 0 Å². The number of carbonyl (C=O) groups excluding carboxylic acids is 2. The lowest BCUT2D eigenvalue weighted by atomic mass is 9.85. The van der Waals surface area contributed by atoms with E-state index in [4.69, 9.17) is 5.73 Å². The highest BCUT2D eigenvalue weighted by Gasteiger charge is 2.40. The molecule has 8 nitrogen and oxygen atoms in total. The number of nitrogens with two attached hydrogens (primary N) is 1. The summed E-state index contributed by atoms with van der Waals surface area (Å²) in [5.74, 6) is -2.97. The molecule has 0 radical (unpaired) electrons. The molecule has 0 saturated heterocycles. The van der Waals surface area contributed by atoms with Crippen LogP contribution in [0, 0.1) is 11.6 Å².